The normalized spacial score (nSPS) is 19.4. The Kier molecular flexibility index (Phi) is 4.33. The Morgan fingerprint density at radius 1 is 1.10 bits per heavy atom. The molecule has 0 radical (unpaired) electrons. The number of aryl methyl sites for hydroxylation is 1. The van der Waals surface area contributed by atoms with Gasteiger partial charge in [0, 0.05) is 25.9 Å². The van der Waals surface area contributed by atoms with Gasteiger partial charge in [0.05, 0.1) is 16.7 Å². The number of likely N-dealkylation sites (tertiary alicyclic amines) is 1. The number of nitrogens with one attached hydrogen (secondary N) is 2. The lowest BCUT2D eigenvalue weighted by molar-refractivity contribution is -0.133. The third kappa shape index (κ3) is 3.14. The van der Waals surface area contributed by atoms with E-state index in [9.17, 15) is 13.2 Å². The average molecular weight is 426 g/mol. The van der Waals surface area contributed by atoms with E-state index in [2.05, 4.69) is 15.0 Å². The van der Waals surface area contributed by atoms with Gasteiger partial charge in [0.25, 0.3) is 0 Å². The fourth-order valence-electron chi connectivity index (χ4n) is 4.40. The number of benzene rings is 2. The molecule has 2 aliphatic heterocycles. The van der Waals surface area contributed by atoms with E-state index in [0.29, 0.717) is 31.6 Å². The van der Waals surface area contributed by atoms with Crippen molar-refractivity contribution in [2.24, 2.45) is 0 Å². The highest BCUT2D eigenvalue weighted by Crippen LogP contribution is 2.34. The van der Waals surface area contributed by atoms with Crippen molar-refractivity contribution in [2.75, 3.05) is 18.4 Å². The van der Waals surface area contributed by atoms with E-state index in [1.807, 2.05) is 41.8 Å². The second-order valence-electron chi connectivity index (χ2n) is 7.92. The van der Waals surface area contributed by atoms with Crippen LogP contribution in [0.4, 0.5) is 5.69 Å². The Balaban J connectivity index is 1.32. The van der Waals surface area contributed by atoms with Crippen molar-refractivity contribution in [2.45, 2.75) is 36.9 Å². The number of sulfonamides is 1. The quantitative estimate of drug-likeness (QED) is 0.655. The van der Waals surface area contributed by atoms with Gasteiger partial charge in [0.1, 0.15) is 22.9 Å². The number of amides is 1. The lowest BCUT2D eigenvalue weighted by atomic mass is 9.97. The molecule has 1 fully saturated rings. The number of anilines is 1. The zero-order valence-electron chi connectivity index (χ0n) is 16.6. The van der Waals surface area contributed by atoms with Crippen molar-refractivity contribution in [1.82, 2.24) is 19.2 Å². The Morgan fingerprint density at radius 2 is 1.80 bits per heavy atom. The minimum Gasteiger partial charge on any atom is -0.365 e. The van der Waals surface area contributed by atoms with Crippen LogP contribution in [0, 0.1) is 6.92 Å². The van der Waals surface area contributed by atoms with Crippen LogP contribution in [0.2, 0.25) is 0 Å². The summed E-state index contributed by atoms with van der Waals surface area (Å²) in [5.74, 6) is 0.812. The van der Waals surface area contributed by atoms with Crippen molar-refractivity contribution < 1.29 is 13.2 Å². The molecule has 0 unspecified atom stereocenters. The molecule has 9 heteroatoms. The topological polar surface area (TPSA) is 96.3 Å². The monoisotopic (exact) mass is 425 g/mol. The summed E-state index contributed by atoms with van der Waals surface area (Å²) in [5.41, 5.74) is 1.66. The second-order valence-corrected chi connectivity index (χ2v) is 9.57. The van der Waals surface area contributed by atoms with Gasteiger partial charge in [-0.1, -0.05) is 24.3 Å². The molecule has 0 aliphatic carbocycles. The van der Waals surface area contributed by atoms with Crippen molar-refractivity contribution >= 4 is 32.7 Å². The van der Waals surface area contributed by atoms with Gasteiger partial charge >= 0.3 is 0 Å². The van der Waals surface area contributed by atoms with E-state index < -0.39 is 15.7 Å². The standard InChI is InChI=1S/C21H23N5O3S/c1-15-22-16-6-2-4-8-18(16)26(15)14-20(27)25-12-10-21(11-13-25)23-17-7-3-5-9-19(17)30(28,29)24-21/h2-9,23-24H,10-14H2,1H3. The maximum Gasteiger partial charge on any atom is 0.244 e. The van der Waals surface area contributed by atoms with Gasteiger partial charge < -0.3 is 14.8 Å². The van der Waals surface area contributed by atoms with E-state index in [1.165, 1.54) is 0 Å². The number of carbonyl (C=O) groups is 1. The summed E-state index contributed by atoms with van der Waals surface area (Å²) < 4.78 is 30.1. The maximum absolute atomic E-state index is 13.0. The first-order valence-corrected chi connectivity index (χ1v) is 11.5. The van der Waals surface area contributed by atoms with Gasteiger partial charge in [-0.05, 0) is 31.2 Å². The Bertz CT molecular complexity index is 1240. The predicted octanol–water partition coefficient (Wildman–Crippen LogP) is 2.07. The molecule has 8 nitrogen and oxygen atoms in total. The van der Waals surface area contributed by atoms with Gasteiger partial charge in [0.15, 0.2) is 0 Å². The summed E-state index contributed by atoms with van der Waals surface area (Å²) >= 11 is 0. The molecule has 2 aromatic carbocycles. The first-order valence-electron chi connectivity index (χ1n) is 9.98. The highest BCUT2D eigenvalue weighted by molar-refractivity contribution is 7.89. The molecule has 30 heavy (non-hydrogen) atoms. The van der Waals surface area contributed by atoms with Gasteiger partial charge in [-0.15, -0.1) is 0 Å². The summed E-state index contributed by atoms with van der Waals surface area (Å²) in [7, 11) is -3.59. The van der Waals surface area contributed by atoms with E-state index >= 15 is 0 Å². The van der Waals surface area contributed by atoms with Gasteiger partial charge in [0.2, 0.25) is 15.9 Å². The van der Waals surface area contributed by atoms with Crippen LogP contribution < -0.4 is 10.0 Å². The molecule has 0 bridgehead atoms. The van der Waals surface area contributed by atoms with Gasteiger partial charge in [-0.25, -0.2) is 13.4 Å². The number of fused-ring (bicyclic) bond motifs is 2. The zero-order valence-corrected chi connectivity index (χ0v) is 17.4. The van der Waals surface area contributed by atoms with Crippen molar-refractivity contribution in [3.8, 4) is 0 Å². The number of rotatable bonds is 2. The molecule has 0 saturated carbocycles. The highest BCUT2D eigenvalue weighted by atomic mass is 32.2. The molecular weight excluding hydrogens is 402 g/mol. The van der Waals surface area contributed by atoms with Crippen molar-refractivity contribution in [3.05, 3.63) is 54.4 Å². The lowest BCUT2D eigenvalue weighted by Gasteiger charge is -2.45. The minimum absolute atomic E-state index is 0.00942. The van der Waals surface area contributed by atoms with Crippen LogP contribution in [-0.4, -0.2) is 47.5 Å². The molecular formula is C21H23N5O3S. The maximum atomic E-state index is 13.0. The second kappa shape index (κ2) is 6.82. The molecule has 2 N–H and O–H groups in total. The molecule has 1 amide bonds. The van der Waals surface area contributed by atoms with Crippen LogP contribution in [0.25, 0.3) is 11.0 Å². The molecule has 0 atom stereocenters. The van der Waals surface area contributed by atoms with E-state index in [-0.39, 0.29) is 17.3 Å². The number of carbonyl (C=O) groups excluding carboxylic acids is 1. The third-order valence-electron chi connectivity index (χ3n) is 5.99. The first-order chi connectivity index (χ1) is 14.4. The minimum atomic E-state index is -3.59. The number of hydrogen-bond acceptors (Lipinski definition) is 5. The lowest BCUT2D eigenvalue weighted by Crippen LogP contribution is -2.62. The average Bonchev–Trinajstić information content (AvgIpc) is 3.03. The third-order valence-corrected chi connectivity index (χ3v) is 7.58. The summed E-state index contributed by atoms with van der Waals surface area (Å²) in [5, 5.41) is 3.36. The summed E-state index contributed by atoms with van der Waals surface area (Å²) in [4.78, 5) is 19.6. The predicted molar refractivity (Wildman–Crippen MR) is 113 cm³/mol. The fraction of sp³-hybridized carbons (Fsp3) is 0.333. The van der Waals surface area contributed by atoms with Crippen molar-refractivity contribution in [1.29, 1.82) is 0 Å². The van der Waals surface area contributed by atoms with Gasteiger partial charge in [-0.3, -0.25) is 4.79 Å². The highest BCUT2D eigenvalue weighted by Gasteiger charge is 2.43. The van der Waals surface area contributed by atoms with E-state index in [4.69, 9.17) is 0 Å². The van der Waals surface area contributed by atoms with Gasteiger partial charge in [-0.2, -0.15) is 4.72 Å². The Hall–Kier alpha value is -2.91. The number of para-hydroxylation sites is 3. The van der Waals surface area contributed by atoms with Crippen molar-refractivity contribution in [3.63, 3.8) is 0 Å². The Labute approximate surface area is 174 Å². The molecule has 156 valence electrons. The van der Waals surface area contributed by atoms with E-state index in [1.54, 1.807) is 23.1 Å². The smallest absolute Gasteiger partial charge is 0.244 e. The summed E-state index contributed by atoms with van der Waals surface area (Å²) in [6.07, 6.45) is 0.992. The fourth-order valence-corrected chi connectivity index (χ4v) is 5.94. The van der Waals surface area contributed by atoms with Crippen LogP contribution in [0.1, 0.15) is 18.7 Å². The zero-order chi connectivity index (χ0) is 20.9. The first kappa shape index (κ1) is 19.1. The Morgan fingerprint density at radius 3 is 2.60 bits per heavy atom. The molecule has 1 aromatic heterocycles. The number of imidazole rings is 1. The van der Waals surface area contributed by atoms with Crippen LogP contribution in [0.3, 0.4) is 0 Å². The summed E-state index contributed by atoms with van der Waals surface area (Å²) in [6, 6.07) is 14.7. The molecule has 2 aliphatic rings. The molecule has 1 saturated heterocycles. The number of nitrogens with zero attached hydrogens (tertiary/aromatic N) is 3. The molecule has 5 rings (SSSR count). The SMILES string of the molecule is Cc1nc2ccccc2n1CC(=O)N1CCC2(CC1)Nc1ccccc1S(=O)(=O)N2. The molecule has 3 aromatic rings. The van der Waals surface area contributed by atoms with Crippen LogP contribution in [0.15, 0.2) is 53.4 Å². The molecule has 1 spiro atoms. The molecule has 3 heterocycles. The number of piperidine rings is 1. The number of hydrogen-bond donors (Lipinski definition) is 2. The van der Waals surface area contributed by atoms with Crippen LogP contribution in [0.5, 0.6) is 0 Å². The van der Waals surface area contributed by atoms with Crippen LogP contribution in [-0.2, 0) is 21.4 Å². The van der Waals surface area contributed by atoms with Crippen LogP contribution >= 0.6 is 0 Å². The number of aromatic nitrogens is 2. The summed E-state index contributed by atoms with van der Waals surface area (Å²) in [6.45, 7) is 3.07. The largest absolute Gasteiger partial charge is 0.365 e. The van der Waals surface area contributed by atoms with E-state index in [0.717, 1.165) is 16.9 Å².